The highest BCUT2D eigenvalue weighted by molar-refractivity contribution is 5.10. The van der Waals surface area contributed by atoms with Crippen molar-refractivity contribution in [3.05, 3.63) is 48.1 Å². The van der Waals surface area contributed by atoms with Crippen LogP contribution in [-0.4, -0.2) is 19.9 Å². The predicted molar refractivity (Wildman–Crippen MR) is 67.6 cm³/mol. The van der Waals surface area contributed by atoms with Gasteiger partial charge in [0.25, 0.3) is 0 Å². The maximum atomic E-state index is 4.34. The van der Waals surface area contributed by atoms with Crippen molar-refractivity contribution in [2.24, 2.45) is 0 Å². The lowest BCUT2D eigenvalue weighted by Crippen LogP contribution is -1.97. The molecule has 0 spiro atoms. The van der Waals surface area contributed by atoms with Gasteiger partial charge in [-0.15, -0.1) is 0 Å². The quantitative estimate of drug-likeness (QED) is 0.795. The summed E-state index contributed by atoms with van der Waals surface area (Å²) in [7, 11) is 0. The van der Waals surface area contributed by atoms with Crippen LogP contribution in [0.25, 0.3) is 0 Å². The van der Waals surface area contributed by atoms with Crippen molar-refractivity contribution in [1.29, 1.82) is 0 Å². The number of aromatic nitrogens is 4. The molecular formula is C13H18N4. The Morgan fingerprint density at radius 2 is 1.65 bits per heavy atom. The second-order valence-electron chi connectivity index (χ2n) is 3.73. The van der Waals surface area contributed by atoms with Crippen molar-refractivity contribution in [2.75, 3.05) is 0 Å². The van der Waals surface area contributed by atoms with Gasteiger partial charge in [-0.1, -0.05) is 20.3 Å². The minimum atomic E-state index is 0.683. The highest BCUT2D eigenvalue weighted by atomic mass is 14.8. The van der Waals surface area contributed by atoms with Gasteiger partial charge in [0.2, 0.25) is 0 Å². The van der Waals surface area contributed by atoms with Crippen LogP contribution < -0.4 is 0 Å². The van der Waals surface area contributed by atoms with E-state index in [1.54, 1.807) is 31.0 Å². The Labute approximate surface area is 102 Å². The van der Waals surface area contributed by atoms with E-state index in [4.69, 9.17) is 0 Å². The molecule has 0 saturated carbocycles. The average Bonchev–Trinajstić information content (AvgIpc) is 2.31. The smallest absolute Gasteiger partial charge is 0.0649 e. The molecule has 0 aliphatic heterocycles. The summed E-state index contributed by atoms with van der Waals surface area (Å²) >= 11 is 0. The van der Waals surface area contributed by atoms with Crippen molar-refractivity contribution in [3.8, 4) is 0 Å². The summed E-state index contributed by atoms with van der Waals surface area (Å²) in [5.41, 5.74) is 2.75. The van der Waals surface area contributed by atoms with E-state index < -0.39 is 0 Å². The Balaban J connectivity index is 0.000000437. The van der Waals surface area contributed by atoms with Crippen molar-refractivity contribution >= 4 is 0 Å². The average molecular weight is 230 g/mol. The van der Waals surface area contributed by atoms with E-state index in [0.717, 1.165) is 17.1 Å². The third-order valence-corrected chi connectivity index (χ3v) is 1.78. The topological polar surface area (TPSA) is 51.6 Å². The number of aryl methyl sites for hydroxylation is 1. The first kappa shape index (κ1) is 13.2. The van der Waals surface area contributed by atoms with Gasteiger partial charge >= 0.3 is 0 Å². The van der Waals surface area contributed by atoms with E-state index in [-0.39, 0.29) is 0 Å². The Morgan fingerprint density at radius 3 is 2.24 bits per heavy atom. The van der Waals surface area contributed by atoms with E-state index >= 15 is 0 Å². The Morgan fingerprint density at radius 1 is 0.941 bits per heavy atom. The molecule has 0 aliphatic carbocycles. The van der Waals surface area contributed by atoms with Gasteiger partial charge in [-0.25, -0.2) is 0 Å². The van der Waals surface area contributed by atoms with Crippen LogP contribution in [0.5, 0.6) is 0 Å². The minimum Gasteiger partial charge on any atom is -0.261 e. The van der Waals surface area contributed by atoms with E-state index in [0.29, 0.717) is 6.42 Å². The fraction of sp³-hybridized carbons (Fsp3) is 0.385. The zero-order valence-corrected chi connectivity index (χ0v) is 10.6. The number of hydrogen-bond donors (Lipinski definition) is 0. The normalized spacial score (nSPS) is 9.35. The van der Waals surface area contributed by atoms with Crippen molar-refractivity contribution in [2.45, 2.75) is 33.6 Å². The molecule has 0 fully saturated rings. The molecule has 4 heteroatoms. The second-order valence-corrected chi connectivity index (χ2v) is 3.73. The van der Waals surface area contributed by atoms with Gasteiger partial charge in [-0.05, 0) is 6.92 Å². The SMILES string of the molecule is CCC.Cc1cncc(Cc2cnccn2)n1. The van der Waals surface area contributed by atoms with Gasteiger partial charge < -0.3 is 0 Å². The maximum Gasteiger partial charge on any atom is 0.0649 e. The first-order chi connectivity index (χ1) is 8.26. The van der Waals surface area contributed by atoms with Crippen LogP contribution >= 0.6 is 0 Å². The van der Waals surface area contributed by atoms with Crippen molar-refractivity contribution < 1.29 is 0 Å². The predicted octanol–water partition coefficient (Wildman–Crippen LogP) is 2.58. The molecule has 0 radical (unpaired) electrons. The van der Waals surface area contributed by atoms with Crippen LogP contribution in [-0.2, 0) is 6.42 Å². The second kappa shape index (κ2) is 7.44. The van der Waals surface area contributed by atoms with Crippen molar-refractivity contribution in [3.63, 3.8) is 0 Å². The molecule has 4 nitrogen and oxygen atoms in total. The zero-order chi connectivity index (χ0) is 12.5. The third kappa shape index (κ3) is 5.15. The summed E-state index contributed by atoms with van der Waals surface area (Å²) in [5.74, 6) is 0. The summed E-state index contributed by atoms with van der Waals surface area (Å²) in [5, 5.41) is 0. The monoisotopic (exact) mass is 230 g/mol. The van der Waals surface area contributed by atoms with E-state index in [2.05, 4.69) is 33.8 Å². The molecule has 2 heterocycles. The largest absolute Gasteiger partial charge is 0.261 e. The van der Waals surface area contributed by atoms with Gasteiger partial charge in [0, 0.05) is 37.4 Å². The van der Waals surface area contributed by atoms with Crippen LogP contribution in [0.3, 0.4) is 0 Å². The van der Waals surface area contributed by atoms with E-state index in [9.17, 15) is 0 Å². The van der Waals surface area contributed by atoms with Gasteiger partial charge in [0.05, 0.1) is 17.1 Å². The molecule has 0 aliphatic rings. The molecule has 0 atom stereocenters. The number of hydrogen-bond acceptors (Lipinski definition) is 4. The Bertz CT molecular complexity index is 428. The third-order valence-electron chi connectivity index (χ3n) is 1.78. The Kier molecular flexibility index (Phi) is 5.79. The fourth-order valence-electron chi connectivity index (χ4n) is 1.21. The molecule has 2 rings (SSSR count). The molecule has 0 bridgehead atoms. The van der Waals surface area contributed by atoms with Gasteiger partial charge in [0.15, 0.2) is 0 Å². The first-order valence-electron chi connectivity index (χ1n) is 5.78. The van der Waals surface area contributed by atoms with Gasteiger partial charge in [-0.2, -0.15) is 0 Å². The molecule has 2 aromatic rings. The summed E-state index contributed by atoms with van der Waals surface area (Å²) in [6.45, 7) is 6.17. The van der Waals surface area contributed by atoms with Crippen molar-refractivity contribution in [1.82, 2.24) is 19.9 Å². The molecule has 0 N–H and O–H groups in total. The summed E-state index contributed by atoms with van der Waals surface area (Å²) < 4.78 is 0. The Hall–Kier alpha value is -1.84. The van der Waals surface area contributed by atoms with Gasteiger partial charge in [-0.3, -0.25) is 19.9 Å². The zero-order valence-electron chi connectivity index (χ0n) is 10.6. The van der Waals surface area contributed by atoms with Crippen LogP contribution in [0.1, 0.15) is 37.4 Å². The first-order valence-corrected chi connectivity index (χ1v) is 5.78. The molecule has 0 aromatic carbocycles. The minimum absolute atomic E-state index is 0.683. The molecule has 0 amide bonds. The lowest BCUT2D eigenvalue weighted by atomic mass is 10.2. The lowest BCUT2D eigenvalue weighted by molar-refractivity contribution is 0.947. The summed E-state index contributed by atoms with van der Waals surface area (Å²) in [6.07, 6.45) is 10.5. The highest BCUT2D eigenvalue weighted by Crippen LogP contribution is 2.01. The molecule has 17 heavy (non-hydrogen) atoms. The van der Waals surface area contributed by atoms with Crippen LogP contribution in [0.15, 0.2) is 31.0 Å². The standard InChI is InChI=1S/C10H10N4.C3H8/c1-8-5-12-7-10(14-8)4-9-6-11-2-3-13-9;1-3-2/h2-3,5-7H,4H2,1H3;3H2,1-2H3. The van der Waals surface area contributed by atoms with Crippen LogP contribution in [0.4, 0.5) is 0 Å². The summed E-state index contributed by atoms with van der Waals surface area (Å²) in [6, 6.07) is 0. The van der Waals surface area contributed by atoms with Crippen LogP contribution in [0, 0.1) is 6.92 Å². The molecule has 2 aromatic heterocycles. The highest BCUT2D eigenvalue weighted by Gasteiger charge is 1.99. The lowest BCUT2D eigenvalue weighted by Gasteiger charge is -1.99. The maximum absolute atomic E-state index is 4.34. The number of rotatable bonds is 2. The number of nitrogens with zero attached hydrogens (tertiary/aromatic N) is 4. The molecule has 0 unspecified atom stereocenters. The van der Waals surface area contributed by atoms with Crippen LogP contribution in [0.2, 0.25) is 0 Å². The molecular weight excluding hydrogens is 212 g/mol. The van der Waals surface area contributed by atoms with E-state index in [1.807, 2.05) is 6.92 Å². The molecule has 90 valence electrons. The molecule has 0 saturated heterocycles. The summed E-state index contributed by atoms with van der Waals surface area (Å²) in [4.78, 5) is 16.6. The fourth-order valence-corrected chi connectivity index (χ4v) is 1.21. The van der Waals surface area contributed by atoms with E-state index in [1.165, 1.54) is 6.42 Å². The van der Waals surface area contributed by atoms with Gasteiger partial charge in [0.1, 0.15) is 0 Å².